The normalized spacial score (nSPS) is 12.0. The molecule has 4 rings (SSSR count). The zero-order chi connectivity index (χ0) is 18.3. The van der Waals surface area contributed by atoms with Crippen molar-refractivity contribution in [2.24, 2.45) is 0 Å². The summed E-state index contributed by atoms with van der Waals surface area (Å²) in [4.78, 5) is 4.78. The third kappa shape index (κ3) is 3.28. The summed E-state index contributed by atoms with van der Waals surface area (Å²) in [5.41, 5.74) is 1.99. The predicted octanol–water partition coefficient (Wildman–Crippen LogP) is 5.48. The maximum atomic E-state index is 4.78. The number of thiazole rings is 1. The van der Waals surface area contributed by atoms with Crippen LogP contribution in [0.1, 0.15) is 26.5 Å². The molecular formula is C18H16BrN5S2. The van der Waals surface area contributed by atoms with Crippen LogP contribution in [-0.2, 0) is 5.41 Å². The van der Waals surface area contributed by atoms with Crippen LogP contribution >= 0.6 is 39.0 Å². The van der Waals surface area contributed by atoms with Gasteiger partial charge in [-0.05, 0) is 49.6 Å². The van der Waals surface area contributed by atoms with Crippen LogP contribution in [0.3, 0.4) is 0 Å². The van der Waals surface area contributed by atoms with Gasteiger partial charge in [0, 0.05) is 10.8 Å². The maximum absolute atomic E-state index is 4.78. The van der Waals surface area contributed by atoms with E-state index in [0.29, 0.717) is 5.16 Å². The highest BCUT2D eigenvalue weighted by Gasteiger charge is 2.23. The SMILES string of the molecule is CC(C)(C)c1nc(Sc2nnnn2-c2cccc3ccccc23)sc1Br. The van der Waals surface area contributed by atoms with Crippen molar-refractivity contribution in [3.63, 3.8) is 0 Å². The van der Waals surface area contributed by atoms with Crippen molar-refractivity contribution in [3.05, 3.63) is 51.9 Å². The van der Waals surface area contributed by atoms with Gasteiger partial charge >= 0.3 is 0 Å². The molecule has 4 aromatic rings. The van der Waals surface area contributed by atoms with Gasteiger partial charge in [-0.15, -0.1) is 5.10 Å². The number of tetrazole rings is 1. The minimum atomic E-state index is -0.0182. The third-order valence-electron chi connectivity index (χ3n) is 3.89. The fourth-order valence-corrected chi connectivity index (χ4v) is 6.09. The average Bonchev–Trinajstić information content (AvgIpc) is 3.21. The average molecular weight is 446 g/mol. The molecule has 0 spiro atoms. The largest absolute Gasteiger partial charge is 0.232 e. The summed E-state index contributed by atoms with van der Waals surface area (Å²) in [6, 6.07) is 14.4. The Morgan fingerprint density at radius 2 is 1.85 bits per heavy atom. The molecule has 0 saturated carbocycles. The molecule has 132 valence electrons. The lowest BCUT2D eigenvalue weighted by atomic mass is 9.93. The summed E-state index contributed by atoms with van der Waals surface area (Å²) in [7, 11) is 0. The first-order valence-corrected chi connectivity index (χ1v) is 10.5. The van der Waals surface area contributed by atoms with Crippen LogP contribution in [0.15, 0.2) is 55.7 Å². The molecule has 0 amide bonds. The highest BCUT2D eigenvalue weighted by atomic mass is 79.9. The molecule has 0 fully saturated rings. The molecule has 5 nitrogen and oxygen atoms in total. The van der Waals surface area contributed by atoms with Crippen molar-refractivity contribution in [3.8, 4) is 5.69 Å². The molecule has 2 heterocycles. The Labute approximate surface area is 168 Å². The number of nitrogens with zero attached hydrogens (tertiary/aromatic N) is 5. The summed E-state index contributed by atoms with van der Waals surface area (Å²) in [6.07, 6.45) is 0. The molecule has 2 aromatic heterocycles. The van der Waals surface area contributed by atoms with E-state index in [1.807, 2.05) is 24.3 Å². The number of aromatic nitrogens is 5. The fourth-order valence-electron chi connectivity index (χ4n) is 2.65. The smallest absolute Gasteiger partial charge is 0.221 e. The van der Waals surface area contributed by atoms with Crippen molar-refractivity contribution in [2.45, 2.75) is 35.7 Å². The molecule has 0 radical (unpaired) electrons. The zero-order valence-corrected chi connectivity index (χ0v) is 17.7. The van der Waals surface area contributed by atoms with Gasteiger partial charge in [0.1, 0.15) is 0 Å². The van der Waals surface area contributed by atoms with Gasteiger partial charge < -0.3 is 0 Å². The maximum Gasteiger partial charge on any atom is 0.221 e. The first-order valence-electron chi connectivity index (χ1n) is 8.04. The molecule has 0 N–H and O–H groups in total. The second-order valence-corrected chi connectivity index (χ2v) is 10.4. The van der Waals surface area contributed by atoms with Crippen LogP contribution in [0, 0.1) is 0 Å². The second-order valence-electron chi connectivity index (χ2n) is 6.83. The van der Waals surface area contributed by atoms with Gasteiger partial charge in [0.2, 0.25) is 5.16 Å². The van der Waals surface area contributed by atoms with Crippen LogP contribution in [0.2, 0.25) is 0 Å². The van der Waals surface area contributed by atoms with Gasteiger partial charge in [-0.2, -0.15) is 4.68 Å². The molecule has 0 bridgehead atoms. The molecule has 0 saturated heterocycles. The van der Waals surface area contributed by atoms with Crippen molar-refractivity contribution in [1.82, 2.24) is 25.2 Å². The van der Waals surface area contributed by atoms with Crippen LogP contribution < -0.4 is 0 Å². The molecule has 0 aliphatic carbocycles. The van der Waals surface area contributed by atoms with E-state index >= 15 is 0 Å². The number of rotatable bonds is 3. The monoisotopic (exact) mass is 445 g/mol. The first kappa shape index (κ1) is 17.6. The lowest BCUT2D eigenvalue weighted by molar-refractivity contribution is 0.566. The lowest BCUT2D eigenvalue weighted by Gasteiger charge is -2.15. The topological polar surface area (TPSA) is 56.5 Å². The molecule has 0 aliphatic rings. The second kappa shape index (κ2) is 6.75. The fraction of sp³-hybridized carbons (Fsp3) is 0.222. The Kier molecular flexibility index (Phi) is 4.58. The first-order chi connectivity index (χ1) is 12.4. The molecule has 26 heavy (non-hydrogen) atoms. The van der Waals surface area contributed by atoms with E-state index in [1.54, 1.807) is 16.0 Å². The Morgan fingerprint density at radius 3 is 2.62 bits per heavy atom. The molecular weight excluding hydrogens is 430 g/mol. The van der Waals surface area contributed by atoms with Crippen LogP contribution in [-0.4, -0.2) is 25.2 Å². The minimum Gasteiger partial charge on any atom is -0.232 e. The number of hydrogen-bond donors (Lipinski definition) is 0. The molecule has 8 heteroatoms. The van der Waals surface area contributed by atoms with E-state index in [4.69, 9.17) is 4.98 Å². The predicted molar refractivity (Wildman–Crippen MR) is 109 cm³/mol. The lowest BCUT2D eigenvalue weighted by Crippen LogP contribution is -2.12. The zero-order valence-electron chi connectivity index (χ0n) is 14.5. The number of halogens is 1. The highest BCUT2D eigenvalue weighted by molar-refractivity contribution is 9.11. The molecule has 2 aromatic carbocycles. The number of benzene rings is 2. The number of fused-ring (bicyclic) bond motifs is 1. The van der Waals surface area contributed by atoms with E-state index in [2.05, 4.69) is 70.4 Å². The molecule has 0 aliphatic heterocycles. The summed E-state index contributed by atoms with van der Waals surface area (Å²) in [5.74, 6) is 0. The summed E-state index contributed by atoms with van der Waals surface area (Å²) < 4.78 is 3.74. The van der Waals surface area contributed by atoms with Gasteiger partial charge in [0.15, 0.2) is 4.34 Å². The number of hydrogen-bond acceptors (Lipinski definition) is 6. The quantitative estimate of drug-likeness (QED) is 0.417. The summed E-state index contributed by atoms with van der Waals surface area (Å²) in [6.45, 7) is 6.46. The summed E-state index contributed by atoms with van der Waals surface area (Å²) in [5, 5.41) is 15.3. The van der Waals surface area contributed by atoms with E-state index < -0.39 is 0 Å². The Balaban J connectivity index is 1.74. The van der Waals surface area contributed by atoms with Gasteiger partial charge in [-0.1, -0.05) is 68.5 Å². The van der Waals surface area contributed by atoms with Gasteiger partial charge in [-0.25, -0.2) is 4.98 Å². The Morgan fingerprint density at radius 1 is 1.08 bits per heavy atom. The van der Waals surface area contributed by atoms with Gasteiger partial charge in [0.05, 0.1) is 15.2 Å². The minimum absolute atomic E-state index is 0.0182. The van der Waals surface area contributed by atoms with E-state index in [-0.39, 0.29) is 5.41 Å². The van der Waals surface area contributed by atoms with Gasteiger partial charge in [-0.3, -0.25) is 0 Å². The van der Waals surface area contributed by atoms with Gasteiger partial charge in [0.25, 0.3) is 0 Å². The Bertz CT molecular complexity index is 1080. The molecule has 0 unspecified atom stereocenters. The van der Waals surface area contributed by atoms with Crippen LogP contribution in [0.4, 0.5) is 0 Å². The highest BCUT2D eigenvalue weighted by Crippen LogP contribution is 2.39. The van der Waals surface area contributed by atoms with Crippen molar-refractivity contribution in [2.75, 3.05) is 0 Å². The van der Waals surface area contributed by atoms with E-state index in [0.717, 1.165) is 30.3 Å². The summed E-state index contributed by atoms with van der Waals surface area (Å²) >= 11 is 6.72. The van der Waals surface area contributed by atoms with Crippen molar-refractivity contribution < 1.29 is 0 Å². The van der Waals surface area contributed by atoms with E-state index in [9.17, 15) is 0 Å². The van der Waals surface area contributed by atoms with Crippen molar-refractivity contribution >= 4 is 49.8 Å². The third-order valence-corrected chi connectivity index (χ3v) is 6.59. The van der Waals surface area contributed by atoms with E-state index in [1.165, 1.54) is 11.8 Å². The van der Waals surface area contributed by atoms with Crippen LogP contribution in [0.25, 0.3) is 16.5 Å². The standard InChI is InChI=1S/C18H16BrN5S2/c1-18(2,3)14-15(19)25-17(20-14)26-16-21-22-23-24(16)13-10-6-8-11-7-4-5-9-12(11)13/h4-10H,1-3H3. The van der Waals surface area contributed by atoms with Crippen molar-refractivity contribution in [1.29, 1.82) is 0 Å². The molecule has 0 atom stereocenters. The Hall–Kier alpha value is -1.77. The van der Waals surface area contributed by atoms with Crippen LogP contribution in [0.5, 0.6) is 0 Å².